The zero-order chi connectivity index (χ0) is 12.7. The van der Waals surface area contributed by atoms with Gasteiger partial charge in [-0.15, -0.1) is 16.4 Å². The first-order valence-electron chi connectivity index (χ1n) is 5.65. The summed E-state index contributed by atoms with van der Waals surface area (Å²) in [6, 6.07) is 3.36. The molecule has 6 nitrogen and oxygen atoms in total. The van der Waals surface area contributed by atoms with Crippen LogP contribution in [-0.2, 0) is 4.79 Å². The largest absolute Gasteiger partial charge is 0.480 e. The van der Waals surface area contributed by atoms with E-state index >= 15 is 0 Å². The fourth-order valence-electron chi connectivity index (χ4n) is 2.38. The van der Waals surface area contributed by atoms with Gasteiger partial charge in [-0.25, -0.2) is 9.48 Å². The molecular weight excluding hydrogens is 252 g/mol. The van der Waals surface area contributed by atoms with E-state index in [-0.39, 0.29) is 11.9 Å². The molecule has 0 aliphatic carbocycles. The lowest BCUT2D eigenvalue weighted by Crippen LogP contribution is -2.28. The van der Waals surface area contributed by atoms with Crippen molar-refractivity contribution in [3.63, 3.8) is 0 Å². The minimum Gasteiger partial charge on any atom is -0.480 e. The first kappa shape index (κ1) is 11.2. The molecule has 3 heterocycles. The number of carboxylic acid groups (broad SMARTS) is 1. The Hall–Kier alpha value is -1.89. The molecule has 1 aliphatic rings. The Morgan fingerprint density at radius 3 is 3.06 bits per heavy atom. The average Bonchev–Trinajstić information content (AvgIpc) is 2.94. The van der Waals surface area contributed by atoms with E-state index in [0.29, 0.717) is 12.2 Å². The predicted molar refractivity (Wildman–Crippen MR) is 66.5 cm³/mol. The van der Waals surface area contributed by atoms with Crippen molar-refractivity contribution in [3.8, 4) is 0 Å². The van der Waals surface area contributed by atoms with E-state index in [1.54, 1.807) is 11.3 Å². The van der Waals surface area contributed by atoms with E-state index < -0.39 is 12.0 Å². The monoisotopic (exact) mass is 264 g/mol. The van der Waals surface area contributed by atoms with Gasteiger partial charge in [-0.1, -0.05) is 6.07 Å². The second-order valence-corrected chi connectivity index (χ2v) is 5.25. The smallest absolute Gasteiger partial charge is 0.328 e. The lowest BCUT2D eigenvalue weighted by Gasteiger charge is -2.25. The highest BCUT2D eigenvalue weighted by Crippen LogP contribution is 2.38. The maximum atomic E-state index is 11.2. The summed E-state index contributed by atoms with van der Waals surface area (Å²) < 4.78 is 1.46. The van der Waals surface area contributed by atoms with Crippen molar-refractivity contribution in [1.29, 1.82) is 0 Å². The summed E-state index contributed by atoms with van der Waals surface area (Å²) in [6.07, 6.45) is 1.31. The number of aliphatic carboxylic acids is 1. The van der Waals surface area contributed by atoms with Gasteiger partial charge in [-0.05, 0) is 24.3 Å². The van der Waals surface area contributed by atoms with Crippen LogP contribution in [0.3, 0.4) is 0 Å². The number of hydrogen-bond acceptors (Lipinski definition) is 5. The van der Waals surface area contributed by atoms with Gasteiger partial charge in [0, 0.05) is 4.88 Å². The zero-order valence-electron chi connectivity index (χ0n) is 9.48. The van der Waals surface area contributed by atoms with E-state index in [2.05, 4.69) is 10.1 Å². The number of hydrogen-bond donors (Lipinski definition) is 2. The zero-order valence-corrected chi connectivity index (χ0v) is 10.3. The van der Waals surface area contributed by atoms with E-state index in [4.69, 9.17) is 5.73 Å². The van der Waals surface area contributed by atoms with Crippen LogP contribution in [0.15, 0.2) is 17.5 Å². The van der Waals surface area contributed by atoms with Crippen molar-refractivity contribution in [3.05, 3.63) is 28.2 Å². The molecule has 3 rings (SSSR count). The standard InChI is InChI=1S/C11H12N4O2S/c12-11-13-9-6(8-2-1-5-18-8)3-4-7(10(16)17)15(9)14-11/h1-2,5-7H,3-4H2,(H2,12,14)(H,16,17). The molecule has 2 unspecified atom stereocenters. The van der Waals surface area contributed by atoms with Crippen molar-refractivity contribution >= 4 is 23.3 Å². The molecule has 0 saturated heterocycles. The minimum absolute atomic E-state index is 0.102. The third-order valence-electron chi connectivity index (χ3n) is 3.18. The van der Waals surface area contributed by atoms with Gasteiger partial charge in [0.05, 0.1) is 5.92 Å². The Bertz CT molecular complexity index is 578. The van der Waals surface area contributed by atoms with Crippen LogP contribution in [0.25, 0.3) is 0 Å². The van der Waals surface area contributed by atoms with Gasteiger partial charge in [-0.3, -0.25) is 0 Å². The molecule has 0 spiro atoms. The van der Waals surface area contributed by atoms with Crippen LogP contribution >= 0.6 is 11.3 Å². The number of carbonyl (C=O) groups is 1. The first-order chi connectivity index (χ1) is 8.66. The molecule has 18 heavy (non-hydrogen) atoms. The lowest BCUT2D eigenvalue weighted by molar-refractivity contribution is -0.141. The number of rotatable bonds is 2. The van der Waals surface area contributed by atoms with Crippen LogP contribution in [0.1, 0.15) is 35.5 Å². The number of nitrogens with two attached hydrogens (primary N) is 1. The molecule has 2 atom stereocenters. The topological polar surface area (TPSA) is 94.0 Å². The van der Waals surface area contributed by atoms with Gasteiger partial charge in [0.15, 0.2) is 6.04 Å². The Morgan fingerprint density at radius 1 is 1.56 bits per heavy atom. The van der Waals surface area contributed by atoms with Crippen molar-refractivity contribution < 1.29 is 9.90 Å². The van der Waals surface area contributed by atoms with Crippen LogP contribution in [0, 0.1) is 0 Å². The molecule has 94 valence electrons. The predicted octanol–water partition coefficient (Wildman–Crippen LogP) is 1.47. The Balaban J connectivity index is 2.07. The maximum Gasteiger partial charge on any atom is 0.328 e. The number of fused-ring (bicyclic) bond motifs is 1. The quantitative estimate of drug-likeness (QED) is 0.856. The molecule has 0 amide bonds. The van der Waals surface area contributed by atoms with Gasteiger partial charge in [0.2, 0.25) is 5.95 Å². The van der Waals surface area contributed by atoms with Crippen LogP contribution in [0.2, 0.25) is 0 Å². The molecular formula is C11H12N4O2S. The van der Waals surface area contributed by atoms with Crippen molar-refractivity contribution in [2.24, 2.45) is 0 Å². The fourth-order valence-corrected chi connectivity index (χ4v) is 3.24. The number of aromatic nitrogens is 3. The third kappa shape index (κ3) is 1.67. The number of anilines is 1. The van der Waals surface area contributed by atoms with Gasteiger partial charge in [0.25, 0.3) is 0 Å². The van der Waals surface area contributed by atoms with E-state index in [1.807, 2.05) is 17.5 Å². The maximum absolute atomic E-state index is 11.2. The van der Waals surface area contributed by atoms with Crippen molar-refractivity contribution in [1.82, 2.24) is 14.8 Å². The van der Waals surface area contributed by atoms with Crippen LogP contribution in [0.5, 0.6) is 0 Å². The van der Waals surface area contributed by atoms with Gasteiger partial charge in [0.1, 0.15) is 5.82 Å². The molecule has 3 N–H and O–H groups in total. The van der Waals surface area contributed by atoms with Gasteiger partial charge < -0.3 is 10.8 Å². The van der Waals surface area contributed by atoms with E-state index in [1.165, 1.54) is 9.56 Å². The number of nitrogen functional groups attached to an aromatic ring is 1. The summed E-state index contributed by atoms with van der Waals surface area (Å²) in [7, 11) is 0. The van der Waals surface area contributed by atoms with Gasteiger partial charge in [-0.2, -0.15) is 4.98 Å². The molecule has 0 radical (unpaired) electrons. The summed E-state index contributed by atoms with van der Waals surface area (Å²) in [5.41, 5.74) is 5.60. The molecule has 0 bridgehead atoms. The normalized spacial score (nSPS) is 22.7. The highest BCUT2D eigenvalue weighted by Gasteiger charge is 2.35. The second-order valence-electron chi connectivity index (χ2n) is 4.27. The van der Waals surface area contributed by atoms with Crippen LogP contribution in [0.4, 0.5) is 5.95 Å². The Morgan fingerprint density at radius 2 is 2.39 bits per heavy atom. The summed E-state index contributed by atoms with van der Waals surface area (Å²) >= 11 is 1.64. The summed E-state index contributed by atoms with van der Waals surface area (Å²) in [6.45, 7) is 0. The summed E-state index contributed by atoms with van der Waals surface area (Å²) in [5, 5.41) is 15.2. The molecule has 7 heteroatoms. The summed E-state index contributed by atoms with van der Waals surface area (Å²) in [4.78, 5) is 16.6. The highest BCUT2D eigenvalue weighted by atomic mass is 32.1. The number of nitrogens with zero attached hydrogens (tertiary/aromatic N) is 3. The molecule has 1 aliphatic heterocycles. The molecule has 0 saturated carbocycles. The lowest BCUT2D eigenvalue weighted by atomic mass is 9.93. The molecule has 2 aromatic heterocycles. The molecule has 0 fully saturated rings. The SMILES string of the molecule is Nc1nc2n(n1)C(C(=O)O)CCC2c1cccs1. The molecule has 0 aromatic carbocycles. The number of carboxylic acids is 1. The first-order valence-corrected chi connectivity index (χ1v) is 6.53. The Labute approximate surface area is 107 Å². The Kier molecular flexibility index (Phi) is 2.55. The average molecular weight is 264 g/mol. The summed E-state index contributed by atoms with van der Waals surface area (Å²) in [5.74, 6) is 0.0180. The third-order valence-corrected chi connectivity index (χ3v) is 4.17. The molecule has 2 aromatic rings. The van der Waals surface area contributed by atoms with E-state index in [9.17, 15) is 9.90 Å². The van der Waals surface area contributed by atoms with Crippen LogP contribution < -0.4 is 5.73 Å². The van der Waals surface area contributed by atoms with E-state index in [0.717, 1.165) is 6.42 Å². The van der Waals surface area contributed by atoms with Crippen molar-refractivity contribution in [2.45, 2.75) is 24.8 Å². The van der Waals surface area contributed by atoms with Crippen LogP contribution in [-0.4, -0.2) is 25.8 Å². The highest BCUT2D eigenvalue weighted by molar-refractivity contribution is 7.10. The minimum atomic E-state index is -0.884. The second kappa shape index (κ2) is 4.09. The van der Waals surface area contributed by atoms with Crippen molar-refractivity contribution in [2.75, 3.05) is 5.73 Å². The fraction of sp³-hybridized carbons (Fsp3) is 0.364. The number of thiophene rings is 1. The van der Waals surface area contributed by atoms with Gasteiger partial charge >= 0.3 is 5.97 Å².